The summed E-state index contributed by atoms with van der Waals surface area (Å²) in [5.41, 5.74) is 3.14. The SMILES string of the molecule is CCOc1ccc(C=NNC(=O)C(C)Oc2ccc([N+](=O)[O-])cc2)cc1. The van der Waals surface area contributed by atoms with E-state index in [1.807, 2.05) is 31.2 Å². The van der Waals surface area contributed by atoms with Gasteiger partial charge in [0.15, 0.2) is 6.10 Å². The number of non-ortho nitro benzene ring substituents is 1. The first-order chi connectivity index (χ1) is 12.5. The summed E-state index contributed by atoms with van der Waals surface area (Å²) in [5, 5.41) is 14.5. The molecule has 0 aliphatic carbocycles. The summed E-state index contributed by atoms with van der Waals surface area (Å²) in [5.74, 6) is 0.679. The predicted molar refractivity (Wildman–Crippen MR) is 96.5 cm³/mol. The van der Waals surface area contributed by atoms with E-state index in [1.54, 1.807) is 6.92 Å². The number of hydrogen-bond donors (Lipinski definition) is 1. The quantitative estimate of drug-likeness (QED) is 0.444. The molecule has 0 fully saturated rings. The highest BCUT2D eigenvalue weighted by atomic mass is 16.6. The first kappa shape index (κ1) is 18.9. The van der Waals surface area contributed by atoms with Crippen LogP contribution in [0.15, 0.2) is 53.6 Å². The molecule has 8 heteroatoms. The minimum atomic E-state index is -0.811. The zero-order valence-corrected chi connectivity index (χ0v) is 14.4. The number of benzene rings is 2. The second-order valence-electron chi connectivity index (χ2n) is 5.25. The molecule has 26 heavy (non-hydrogen) atoms. The third kappa shape index (κ3) is 5.59. The van der Waals surface area contributed by atoms with Crippen LogP contribution in [0.5, 0.6) is 11.5 Å². The fourth-order valence-electron chi connectivity index (χ4n) is 1.98. The maximum Gasteiger partial charge on any atom is 0.280 e. The number of nitro benzene ring substituents is 1. The van der Waals surface area contributed by atoms with Crippen molar-refractivity contribution in [3.63, 3.8) is 0 Å². The molecule has 1 N–H and O–H groups in total. The third-order valence-corrected chi connectivity index (χ3v) is 3.31. The van der Waals surface area contributed by atoms with Crippen LogP contribution in [0.25, 0.3) is 0 Å². The van der Waals surface area contributed by atoms with Gasteiger partial charge in [0.1, 0.15) is 11.5 Å². The lowest BCUT2D eigenvalue weighted by Gasteiger charge is -2.12. The fourth-order valence-corrected chi connectivity index (χ4v) is 1.98. The maximum atomic E-state index is 12.0. The smallest absolute Gasteiger partial charge is 0.280 e. The molecule has 1 atom stereocenters. The van der Waals surface area contributed by atoms with Crippen LogP contribution in [0, 0.1) is 10.1 Å². The van der Waals surface area contributed by atoms with Gasteiger partial charge in [-0.1, -0.05) is 0 Å². The van der Waals surface area contributed by atoms with E-state index in [4.69, 9.17) is 9.47 Å². The number of nitrogens with one attached hydrogen (secondary N) is 1. The number of hydrogen-bond acceptors (Lipinski definition) is 6. The van der Waals surface area contributed by atoms with Crippen LogP contribution in [0.3, 0.4) is 0 Å². The first-order valence-electron chi connectivity index (χ1n) is 7.96. The van der Waals surface area contributed by atoms with Crippen LogP contribution >= 0.6 is 0 Å². The number of carbonyl (C=O) groups is 1. The maximum absolute atomic E-state index is 12.0. The molecule has 0 aromatic heterocycles. The van der Waals surface area contributed by atoms with Crippen molar-refractivity contribution in [1.82, 2.24) is 5.43 Å². The largest absolute Gasteiger partial charge is 0.494 e. The Bertz CT molecular complexity index is 772. The van der Waals surface area contributed by atoms with E-state index < -0.39 is 16.9 Å². The third-order valence-electron chi connectivity index (χ3n) is 3.31. The summed E-state index contributed by atoms with van der Waals surface area (Å²) in [7, 11) is 0. The highest BCUT2D eigenvalue weighted by Crippen LogP contribution is 2.18. The molecule has 136 valence electrons. The zero-order chi connectivity index (χ0) is 18.9. The van der Waals surface area contributed by atoms with Crippen LogP contribution in [-0.2, 0) is 4.79 Å². The van der Waals surface area contributed by atoms with Gasteiger partial charge >= 0.3 is 0 Å². The van der Waals surface area contributed by atoms with Gasteiger partial charge in [0, 0.05) is 12.1 Å². The number of nitro groups is 1. The molecule has 2 rings (SSSR count). The van der Waals surface area contributed by atoms with Gasteiger partial charge in [-0.2, -0.15) is 5.10 Å². The summed E-state index contributed by atoms with van der Waals surface area (Å²) >= 11 is 0. The Kier molecular flexibility index (Phi) is 6.67. The Morgan fingerprint density at radius 1 is 1.19 bits per heavy atom. The van der Waals surface area contributed by atoms with E-state index in [0.29, 0.717) is 12.4 Å². The molecular weight excluding hydrogens is 338 g/mol. The number of amides is 1. The number of carbonyl (C=O) groups excluding carboxylic acids is 1. The molecule has 0 spiro atoms. The van der Waals surface area contributed by atoms with Crippen molar-refractivity contribution in [1.29, 1.82) is 0 Å². The number of hydrazone groups is 1. The number of nitrogens with zero attached hydrogens (tertiary/aromatic N) is 2. The lowest BCUT2D eigenvalue weighted by molar-refractivity contribution is -0.384. The van der Waals surface area contributed by atoms with Crippen molar-refractivity contribution in [3.8, 4) is 11.5 Å². The van der Waals surface area contributed by atoms with E-state index in [2.05, 4.69) is 10.5 Å². The molecule has 0 radical (unpaired) electrons. The van der Waals surface area contributed by atoms with Crippen molar-refractivity contribution >= 4 is 17.8 Å². The van der Waals surface area contributed by atoms with Crippen LogP contribution in [0.1, 0.15) is 19.4 Å². The van der Waals surface area contributed by atoms with Crippen LogP contribution in [0.2, 0.25) is 0 Å². The van der Waals surface area contributed by atoms with Gasteiger partial charge in [-0.3, -0.25) is 14.9 Å². The Balaban J connectivity index is 1.85. The molecule has 0 aliphatic rings. The Labute approximate surface area is 150 Å². The topological polar surface area (TPSA) is 103 Å². The standard InChI is InChI=1S/C18H19N3O5/c1-3-25-16-8-4-14(5-9-16)12-19-20-18(22)13(2)26-17-10-6-15(7-11-17)21(23)24/h4-13H,3H2,1-2H3,(H,20,22). The summed E-state index contributed by atoms with van der Waals surface area (Å²) in [6.45, 7) is 4.06. The minimum absolute atomic E-state index is 0.0468. The monoisotopic (exact) mass is 357 g/mol. The lowest BCUT2D eigenvalue weighted by atomic mass is 10.2. The minimum Gasteiger partial charge on any atom is -0.494 e. The Morgan fingerprint density at radius 3 is 2.38 bits per heavy atom. The van der Waals surface area contributed by atoms with E-state index >= 15 is 0 Å². The van der Waals surface area contributed by atoms with E-state index in [1.165, 1.54) is 30.5 Å². The van der Waals surface area contributed by atoms with Crippen molar-refractivity contribution in [2.75, 3.05) is 6.61 Å². The highest BCUT2D eigenvalue weighted by molar-refractivity contribution is 5.84. The van der Waals surface area contributed by atoms with Gasteiger partial charge in [0.25, 0.3) is 11.6 Å². The number of ether oxygens (including phenoxy) is 2. The normalized spacial score (nSPS) is 11.8. The van der Waals surface area contributed by atoms with Gasteiger partial charge in [0.05, 0.1) is 17.7 Å². The second kappa shape index (κ2) is 9.16. The van der Waals surface area contributed by atoms with Gasteiger partial charge < -0.3 is 9.47 Å². The molecule has 0 aliphatic heterocycles. The second-order valence-corrected chi connectivity index (χ2v) is 5.25. The highest BCUT2D eigenvalue weighted by Gasteiger charge is 2.14. The van der Waals surface area contributed by atoms with E-state index in [-0.39, 0.29) is 5.69 Å². The van der Waals surface area contributed by atoms with Crippen molar-refractivity contribution in [2.45, 2.75) is 20.0 Å². The molecule has 2 aromatic rings. The first-order valence-corrected chi connectivity index (χ1v) is 7.96. The molecule has 0 bridgehead atoms. The molecule has 1 unspecified atom stereocenters. The zero-order valence-electron chi connectivity index (χ0n) is 14.4. The van der Waals surface area contributed by atoms with Crippen molar-refractivity contribution in [3.05, 3.63) is 64.2 Å². The average molecular weight is 357 g/mol. The predicted octanol–water partition coefficient (Wildman–Crippen LogP) is 2.91. The van der Waals surface area contributed by atoms with Crippen LogP contribution in [0.4, 0.5) is 5.69 Å². The summed E-state index contributed by atoms with van der Waals surface area (Å²) in [6, 6.07) is 12.7. The molecule has 0 saturated carbocycles. The van der Waals surface area contributed by atoms with E-state index in [9.17, 15) is 14.9 Å². The van der Waals surface area contributed by atoms with Gasteiger partial charge in [0.2, 0.25) is 0 Å². The molecule has 2 aromatic carbocycles. The fraction of sp³-hybridized carbons (Fsp3) is 0.222. The van der Waals surface area contributed by atoms with Crippen molar-refractivity contribution < 1.29 is 19.2 Å². The molecule has 0 saturated heterocycles. The molecule has 8 nitrogen and oxygen atoms in total. The van der Waals surface area contributed by atoms with Crippen molar-refractivity contribution in [2.24, 2.45) is 5.10 Å². The summed E-state index contributed by atoms with van der Waals surface area (Å²) < 4.78 is 10.8. The summed E-state index contributed by atoms with van der Waals surface area (Å²) in [4.78, 5) is 22.1. The van der Waals surface area contributed by atoms with Crippen LogP contribution in [-0.4, -0.2) is 29.8 Å². The summed E-state index contributed by atoms with van der Waals surface area (Å²) in [6.07, 6.45) is 0.695. The number of rotatable bonds is 8. The Morgan fingerprint density at radius 2 is 1.81 bits per heavy atom. The lowest BCUT2D eigenvalue weighted by Crippen LogP contribution is -2.33. The van der Waals surface area contributed by atoms with Gasteiger partial charge in [-0.15, -0.1) is 0 Å². The molecular formula is C18H19N3O5. The van der Waals surface area contributed by atoms with Gasteiger partial charge in [-0.05, 0) is 55.8 Å². The average Bonchev–Trinajstić information content (AvgIpc) is 2.63. The Hall–Kier alpha value is -3.42. The molecule has 0 heterocycles. The van der Waals surface area contributed by atoms with Crippen LogP contribution < -0.4 is 14.9 Å². The molecule has 1 amide bonds. The van der Waals surface area contributed by atoms with Gasteiger partial charge in [-0.25, -0.2) is 5.43 Å². The van der Waals surface area contributed by atoms with E-state index in [0.717, 1.165) is 11.3 Å².